The lowest BCUT2D eigenvalue weighted by Crippen LogP contribution is -2.08. The lowest BCUT2D eigenvalue weighted by atomic mass is 10.1. The molecule has 2 N–H and O–H groups in total. The normalized spacial score (nSPS) is 16.1. The Balaban J connectivity index is 0.000000168. The monoisotopic (exact) mass is 341 g/mol. The van der Waals surface area contributed by atoms with Crippen molar-refractivity contribution in [1.82, 2.24) is 0 Å². The van der Waals surface area contributed by atoms with Gasteiger partial charge in [-0.25, -0.2) is 8.78 Å². The van der Waals surface area contributed by atoms with Gasteiger partial charge in [-0.2, -0.15) is 8.42 Å². The highest BCUT2D eigenvalue weighted by atomic mass is 32.2. The van der Waals surface area contributed by atoms with Gasteiger partial charge < -0.3 is 5.32 Å². The Morgan fingerprint density at radius 2 is 1.74 bits per heavy atom. The molecule has 1 aliphatic rings. The molecule has 0 saturated carbocycles. The van der Waals surface area contributed by atoms with Crippen LogP contribution in [0.15, 0.2) is 41.3 Å². The molecule has 0 aliphatic carbocycles. The molecule has 124 valence electrons. The minimum atomic E-state index is -4.02. The minimum absolute atomic E-state index is 0.0666. The molecule has 0 spiro atoms. The standard InChI is InChI=1S/C9H9F2N.C7H8O3S/c1-5-4-6-8(12-5)3-2-7(10)9(6)11;1-6-2-4-7(5-3-6)11(8,9)10/h2-3,5,12H,4H2,1H3;2-5H,1H3,(H,8,9,10)/t5-;/m0./s1. The third-order valence-corrected chi connectivity index (χ3v) is 4.30. The van der Waals surface area contributed by atoms with Crippen molar-refractivity contribution in [3.05, 3.63) is 59.2 Å². The smallest absolute Gasteiger partial charge is 0.294 e. The molecule has 0 fully saturated rings. The van der Waals surface area contributed by atoms with Crippen molar-refractivity contribution >= 4 is 15.8 Å². The maximum absolute atomic E-state index is 13.1. The summed E-state index contributed by atoms with van der Waals surface area (Å²) in [7, 11) is -4.02. The number of anilines is 1. The number of hydrogen-bond acceptors (Lipinski definition) is 3. The van der Waals surface area contributed by atoms with Crippen molar-refractivity contribution < 1.29 is 21.8 Å². The van der Waals surface area contributed by atoms with Gasteiger partial charge in [-0.05, 0) is 44.5 Å². The topological polar surface area (TPSA) is 66.4 Å². The van der Waals surface area contributed by atoms with E-state index in [2.05, 4.69) is 5.32 Å². The van der Waals surface area contributed by atoms with E-state index >= 15 is 0 Å². The maximum atomic E-state index is 13.1. The van der Waals surface area contributed by atoms with Crippen molar-refractivity contribution in [1.29, 1.82) is 0 Å². The van der Waals surface area contributed by atoms with Crippen LogP contribution in [-0.2, 0) is 16.5 Å². The van der Waals surface area contributed by atoms with E-state index in [1.165, 1.54) is 12.1 Å². The number of aryl methyl sites for hydroxylation is 1. The fourth-order valence-corrected chi connectivity index (χ4v) is 2.74. The molecule has 7 heteroatoms. The fourth-order valence-electron chi connectivity index (χ4n) is 2.26. The van der Waals surface area contributed by atoms with Crippen LogP contribution < -0.4 is 5.32 Å². The second kappa shape index (κ2) is 6.64. The van der Waals surface area contributed by atoms with Gasteiger partial charge in [0.2, 0.25) is 0 Å². The van der Waals surface area contributed by atoms with Crippen molar-refractivity contribution in [3.63, 3.8) is 0 Å². The Hall–Kier alpha value is -1.99. The predicted octanol–water partition coefficient (Wildman–Crippen LogP) is 3.56. The molecule has 0 radical (unpaired) electrons. The van der Waals surface area contributed by atoms with E-state index in [-0.39, 0.29) is 10.9 Å². The fraction of sp³-hybridized carbons (Fsp3) is 0.250. The highest BCUT2D eigenvalue weighted by Crippen LogP contribution is 2.29. The number of rotatable bonds is 1. The SMILES string of the molecule is C[C@H]1Cc2c(ccc(F)c2F)N1.Cc1ccc(S(=O)(=O)O)cc1. The van der Waals surface area contributed by atoms with Gasteiger partial charge in [0.25, 0.3) is 10.1 Å². The summed E-state index contributed by atoms with van der Waals surface area (Å²) in [6.45, 7) is 3.78. The van der Waals surface area contributed by atoms with Gasteiger partial charge in [-0.1, -0.05) is 17.7 Å². The summed E-state index contributed by atoms with van der Waals surface area (Å²) in [5.74, 6) is -1.46. The molecule has 23 heavy (non-hydrogen) atoms. The van der Waals surface area contributed by atoms with Crippen LogP contribution in [0.5, 0.6) is 0 Å². The van der Waals surface area contributed by atoms with E-state index < -0.39 is 21.8 Å². The van der Waals surface area contributed by atoms with Crippen molar-refractivity contribution in [2.75, 3.05) is 5.32 Å². The first-order chi connectivity index (χ1) is 10.7. The molecule has 0 unspecified atom stereocenters. The molecule has 1 aliphatic heterocycles. The van der Waals surface area contributed by atoms with Crippen LogP contribution in [0.3, 0.4) is 0 Å². The van der Waals surface area contributed by atoms with Crippen LogP contribution in [-0.4, -0.2) is 19.0 Å². The first-order valence-electron chi connectivity index (χ1n) is 6.96. The second-order valence-electron chi connectivity index (χ2n) is 5.43. The third-order valence-electron chi connectivity index (χ3n) is 3.43. The number of benzene rings is 2. The molecule has 2 aromatic rings. The molecule has 1 atom stereocenters. The first kappa shape index (κ1) is 17.4. The minimum Gasteiger partial charge on any atom is -0.382 e. The van der Waals surface area contributed by atoms with E-state index in [1.807, 2.05) is 13.8 Å². The van der Waals surface area contributed by atoms with E-state index in [0.29, 0.717) is 12.0 Å². The van der Waals surface area contributed by atoms with Crippen LogP contribution >= 0.6 is 0 Å². The van der Waals surface area contributed by atoms with E-state index in [0.717, 1.165) is 17.3 Å². The summed E-state index contributed by atoms with van der Waals surface area (Å²) in [5.41, 5.74) is 2.15. The summed E-state index contributed by atoms with van der Waals surface area (Å²) in [5, 5.41) is 3.06. The summed E-state index contributed by atoms with van der Waals surface area (Å²) in [6.07, 6.45) is 0.568. The Labute approximate surface area is 133 Å². The predicted molar refractivity (Wildman–Crippen MR) is 84.1 cm³/mol. The van der Waals surface area contributed by atoms with E-state index in [9.17, 15) is 17.2 Å². The zero-order valence-corrected chi connectivity index (χ0v) is 13.5. The quantitative estimate of drug-likeness (QED) is 0.778. The molecular formula is C16H17F2NO3S. The summed E-state index contributed by atoms with van der Waals surface area (Å²) in [6, 6.07) is 8.93. The zero-order chi connectivity index (χ0) is 17.2. The lowest BCUT2D eigenvalue weighted by Gasteiger charge is -2.01. The Kier molecular flexibility index (Phi) is 5.01. The van der Waals surface area contributed by atoms with Gasteiger partial charge in [0, 0.05) is 17.3 Å². The summed E-state index contributed by atoms with van der Waals surface area (Å²) in [4.78, 5) is -0.0666. The number of fused-ring (bicyclic) bond motifs is 1. The number of hydrogen-bond donors (Lipinski definition) is 2. The van der Waals surface area contributed by atoms with Crippen LogP contribution in [0.4, 0.5) is 14.5 Å². The Bertz CT molecular complexity index is 805. The van der Waals surface area contributed by atoms with Gasteiger partial charge in [-0.15, -0.1) is 0 Å². The maximum Gasteiger partial charge on any atom is 0.294 e. The molecule has 0 saturated heterocycles. The van der Waals surface area contributed by atoms with Gasteiger partial charge in [0.05, 0.1) is 4.90 Å². The summed E-state index contributed by atoms with van der Waals surface area (Å²) >= 11 is 0. The molecule has 3 rings (SSSR count). The highest BCUT2D eigenvalue weighted by Gasteiger charge is 2.22. The number of halogens is 2. The third kappa shape index (κ3) is 4.27. The van der Waals surface area contributed by atoms with Crippen LogP contribution in [0.1, 0.15) is 18.1 Å². The largest absolute Gasteiger partial charge is 0.382 e. The van der Waals surface area contributed by atoms with Gasteiger partial charge in [-0.3, -0.25) is 4.55 Å². The van der Waals surface area contributed by atoms with Gasteiger partial charge in [0.15, 0.2) is 11.6 Å². The van der Waals surface area contributed by atoms with Gasteiger partial charge >= 0.3 is 0 Å². The molecule has 0 amide bonds. The molecule has 1 heterocycles. The van der Waals surface area contributed by atoms with Gasteiger partial charge in [0.1, 0.15) is 0 Å². The van der Waals surface area contributed by atoms with Crippen molar-refractivity contribution in [2.45, 2.75) is 31.2 Å². The second-order valence-corrected chi connectivity index (χ2v) is 6.85. The van der Waals surface area contributed by atoms with E-state index in [4.69, 9.17) is 4.55 Å². The first-order valence-corrected chi connectivity index (χ1v) is 8.40. The number of nitrogens with one attached hydrogen (secondary N) is 1. The van der Waals surface area contributed by atoms with Crippen molar-refractivity contribution in [2.24, 2.45) is 0 Å². The zero-order valence-electron chi connectivity index (χ0n) is 12.7. The van der Waals surface area contributed by atoms with E-state index in [1.54, 1.807) is 18.2 Å². The molecule has 2 aromatic carbocycles. The molecular weight excluding hydrogens is 324 g/mol. The average molecular weight is 341 g/mol. The van der Waals surface area contributed by atoms with Crippen LogP contribution in [0.2, 0.25) is 0 Å². The van der Waals surface area contributed by atoms with Crippen LogP contribution in [0, 0.1) is 18.6 Å². The molecule has 0 bridgehead atoms. The van der Waals surface area contributed by atoms with Crippen molar-refractivity contribution in [3.8, 4) is 0 Å². The molecule has 4 nitrogen and oxygen atoms in total. The lowest BCUT2D eigenvalue weighted by molar-refractivity contribution is 0.483. The average Bonchev–Trinajstić information content (AvgIpc) is 2.85. The Morgan fingerprint density at radius 1 is 1.13 bits per heavy atom. The highest BCUT2D eigenvalue weighted by molar-refractivity contribution is 7.85. The van der Waals surface area contributed by atoms with Crippen LogP contribution in [0.25, 0.3) is 0 Å². The Morgan fingerprint density at radius 3 is 2.30 bits per heavy atom. The summed E-state index contributed by atoms with van der Waals surface area (Å²) < 4.78 is 55.3. The molecule has 0 aromatic heterocycles.